The van der Waals surface area contributed by atoms with Crippen LogP contribution in [0.4, 0.5) is 0 Å². The van der Waals surface area contributed by atoms with Gasteiger partial charge < -0.3 is 0 Å². The van der Waals surface area contributed by atoms with Crippen LogP contribution in [0.15, 0.2) is 36.7 Å². The number of pyridine rings is 2. The lowest BCUT2D eigenvalue weighted by molar-refractivity contribution is 1.09. The predicted molar refractivity (Wildman–Crippen MR) is 84.5 cm³/mol. The number of hydrogen-bond donors (Lipinski definition) is 0. The summed E-state index contributed by atoms with van der Waals surface area (Å²) in [6, 6.07) is 8.43. The zero-order valence-electron chi connectivity index (χ0n) is 10.9. The summed E-state index contributed by atoms with van der Waals surface area (Å²) in [5.74, 6) is 2.52. The molecule has 0 bridgehead atoms. The number of thioether (sulfide) groups is 2. The SMILES string of the molecule is Cc1ccnc(-c2cc(C3SCCCS3)ccn2)c1. The van der Waals surface area contributed by atoms with Gasteiger partial charge in [-0.25, -0.2) is 0 Å². The van der Waals surface area contributed by atoms with E-state index < -0.39 is 0 Å². The fourth-order valence-electron chi connectivity index (χ4n) is 2.09. The molecular formula is C15H16N2S2. The molecule has 0 aromatic carbocycles. The van der Waals surface area contributed by atoms with Gasteiger partial charge in [-0.3, -0.25) is 9.97 Å². The third kappa shape index (κ3) is 3.12. The van der Waals surface area contributed by atoms with E-state index in [0.29, 0.717) is 4.58 Å². The molecule has 2 aromatic rings. The maximum absolute atomic E-state index is 4.46. The van der Waals surface area contributed by atoms with Crippen molar-refractivity contribution in [1.29, 1.82) is 0 Å². The molecule has 2 aromatic heterocycles. The summed E-state index contributed by atoms with van der Waals surface area (Å²) in [6.45, 7) is 2.09. The average Bonchev–Trinajstić information content (AvgIpc) is 2.48. The van der Waals surface area contributed by atoms with Crippen LogP contribution in [0.2, 0.25) is 0 Å². The summed E-state index contributed by atoms with van der Waals surface area (Å²) in [5, 5.41) is 0. The van der Waals surface area contributed by atoms with Crippen molar-refractivity contribution >= 4 is 23.5 Å². The average molecular weight is 288 g/mol. The van der Waals surface area contributed by atoms with E-state index in [1.165, 1.54) is 29.1 Å². The van der Waals surface area contributed by atoms with Gasteiger partial charge in [-0.05, 0) is 60.2 Å². The van der Waals surface area contributed by atoms with Gasteiger partial charge in [0.15, 0.2) is 0 Å². The van der Waals surface area contributed by atoms with E-state index in [-0.39, 0.29) is 0 Å². The first-order valence-corrected chi connectivity index (χ1v) is 8.55. The van der Waals surface area contributed by atoms with Crippen LogP contribution >= 0.6 is 23.5 Å². The Morgan fingerprint density at radius 1 is 1.00 bits per heavy atom. The highest BCUT2D eigenvalue weighted by Gasteiger charge is 2.17. The third-order valence-electron chi connectivity index (χ3n) is 3.06. The van der Waals surface area contributed by atoms with Crippen molar-refractivity contribution in [3.05, 3.63) is 47.8 Å². The smallest absolute Gasteiger partial charge is 0.0889 e. The third-order valence-corrected chi connectivity index (χ3v) is 6.08. The van der Waals surface area contributed by atoms with E-state index in [2.05, 4.69) is 35.1 Å². The van der Waals surface area contributed by atoms with Crippen molar-refractivity contribution < 1.29 is 0 Å². The van der Waals surface area contributed by atoms with Crippen molar-refractivity contribution in [3.63, 3.8) is 0 Å². The Balaban J connectivity index is 1.91. The second-order valence-electron chi connectivity index (χ2n) is 4.62. The van der Waals surface area contributed by atoms with Crippen molar-refractivity contribution in [2.24, 2.45) is 0 Å². The number of hydrogen-bond acceptors (Lipinski definition) is 4. The Morgan fingerprint density at radius 3 is 2.42 bits per heavy atom. The van der Waals surface area contributed by atoms with Gasteiger partial charge in [0.2, 0.25) is 0 Å². The maximum atomic E-state index is 4.46. The first-order chi connectivity index (χ1) is 9.33. The standard InChI is InChI=1S/C15H16N2S2/c1-11-3-5-16-13(9-11)14-10-12(4-6-17-14)15-18-7-2-8-19-15/h3-6,9-10,15H,2,7-8H2,1H3. The van der Waals surface area contributed by atoms with Gasteiger partial charge in [-0.15, -0.1) is 23.5 Å². The summed E-state index contributed by atoms with van der Waals surface area (Å²) >= 11 is 4.08. The molecule has 1 fully saturated rings. The van der Waals surface area contributed by atoms with Gasteiger partial charge in [0.05, 0.1) is 16.0 Å². The van der Waals surface area contributed by atoms with Crippen LogP contribution < -0.4 is 0 Å². The van der Waals surface area contributed by atoms with Crippen molar-refractivity contribution in [1.82, 2.24) is 9.97 Å². The molecule has 3 heterocycles. The maximum Gasteiger partial charge on any atom is 0.0889 e. The van der Waals surface area contributed by atoms with Crippen LogP contribution in [-0.4, -0.2) is 21.5 Å². The number of aromatic nitrogens is 2. The van der Waals surface area contributed by atoms with Crippen LogP contribution in [-0.2, 0) is 0 Å². The highest BCUT2D eigenvalue weighted by molar-refractivity contribution is 8.16. The molecule has 0 aliphatic carbocycles. The number of nitrogens with zero attached hydrogens (tertiary/aromatic N) is 2. The number of rotatable bonds is 2. The van der Waals surface area contributed by atoms with Crippen LogP contribution in [0, 0.1) is 6.92 Å². The molecule has 1 aliphatic rings. The highest BCUT2D eigenvalue weighted by Crippen LogP contribution is 2.43. The van der Waals surface area contributed by atoms with E-state index in [1.54, 1.807) is 0 Å². The largest absolute Gasteiger partial charge is 0.255 e. The lowest BCUT2D eigenvalue weighted by Crippen LogP contribution is -2.01. The lowest BCUT2D eigenvalue weighted by Gasteiger charge is -2.21. The molecular weight excluding hydrogens is 272 g/mol. The zero-order chi connectivity index (χ0) is 13.1. The van der Waals surface area contributed by atoms with Crippen LogP contribution in [0.5, 0.6) is 0 Å². The minimum absolute atomic E-state index is 0.556. The molecule has 0 spiro atoms. The fourth-order valence-corrected chi connectivity index (χ4v) is 4.96. The van der Waals surface area contributed by atoms with E-state index >= 15 is 0 Å². The number of aryl methyl sites for hydroxylation is 1. The predicted octanol–water partition coefficient (Wildman–Crippen LogP) is 4.32. The Kier molecular flexibility index (Phi) is 4.09. The molecule has 4 heteroatoms. The molecule has 0 saturated carbocycles. The monoisotopic (exact) mass is 288 g/mol. The van der Waals surface area contributed by atoms with Crippen LogP contribution in [0.25, 0.3) is 11.4 Å². The van der Waals surface area contributed by atoms with Gasteiger partial charge in [0.25, 0.3) is 0 Å². The summed E-state index contributed by atoms with van der Waals surface area (Å²) in [4.78, 5) is 8.88. The molecule has 2 nitrogen and oxygen atoms in total. The zero-order valence-corrected chi connectivity index (χ0v) is 12.5. The van der Waals surface area contributed by atoms with Crippen molar-refractivity contribution in [2.45, 2.75) is 17.9 Å². The molecule has 0 unspecified atom stereocenters. The van der Waals surface area contributed by atoms with Crippen molar-refractivity contribution in [3.8, 4) is 11.4 Å². The quantitative estimate of drug-likeness (QED) is 0.822. The molecule has 98 valence electrons. The Morgan fingerprint density at radius 2 is 1.68 bits per heavy atom. The highest BCUT2D eigenvalue weighted by atomic mass is 32.2. The van der Waals surface area contributed by atoms with Gasteiger partial charge in [0, 0.05) is 12.4 Å². The van der Waals surface area contributed by atoms with Crippen LogP contribution in [0.3, 0.4) is 0 Å². The summed E-state index contributed by atoms with van der Waals surface area (Å²) < 4.78 is 0.556. The van der Waals surface area contributed by atoms with E-state index in [1.807, 2.05) is 42.0 Å². The van der Waals surface area contributed by atoms with Gasteiger partial charge in [0.1, 0.15) is 0 Å². The summed E-state index contributed by atoms with van der Waals surface area (Å²) in [7, 11) is 0. The molecule has 19 heavy (non-hydrogen) atoms. The molecule has 0 amide bonds. The second-order valence-corrected chi connectivity index (χ2v) is 7.34. The molecule has 0 radical (unpaired) electrons. The molecule has 0 atom stereocenters. The van der Waals surface area contributed by atoms with E-state index in [0.717, 1.165) is 11.4 Å². The first-order valence-electron chi connectivity index (χ1n) is 6.45. The minimum atomic E-state index is 0.556. The van der Waals surface area contributed by atoms with Gasteiger partial charge >= 0.3 is 0 Å². The molecule has 3 rings (SSSR count). The Hall–Kier alpha value is -1.00. The molecule has 1 saturated heterocycles. The Bertz CT molecular complexity index is 566. The fraction of sp³-hybridized carbons (Fsp3) is 0.333. The minimum Gasteiger partial charge on any atom is -0.255 e. The summed E-state index contributed by atoms with van der Waals surface area (Å²) in [6.07, 6.45) is 5.08. The topological polar surface area (TPSA) is 25.8 Å². The summed E-state index contributed by atoms with van der Waals surface area (Å²) in [5.41, 5.74) is 4.53. The Labute approximate surface area is 122 Å². The first kappa shape index (κ1) is 13.0. The van der Waals surface area contributed by atoms with Crippen molar-refractivity contribution in [2.75, 3.05) is 11.5 Å². The van der Waals surface area contributed by atoms with E-state index in [9.17, 15) is 0 Å². The lowest BCUT2D eigenvalue weighted by atomic mass is 10.1. The van der Waals surface area contributed by atoms with Crippen LogP contribution in [0.1, 0.15) is 22.1 Å². The molecule has 0 N–H and O–H groups in total. The van der Waals surface area contributed by atoms with E-state index in [4.69, 9.17) is 0 Å². The molecule has 1 aliphatic heterocycles. The van der Waals surface area contributed by atoms with Gasteiger partial charge in [-0.1, -0.05) is 0 Å². The normalized spacial score (nSPS) is 16.5. The van der Waals surface area contributed by atoms with Gasteiger partial charge in [-0.2, -0.15) is 0 Å². The second kappa shape index (κ2) is 5.97.